The molecule has 0 aliphatic heterocycles. The van der Waals surface area contributed by atoms with Crippen LogP contribution in [0.15, 0.2) is 48.6 Å². The molecule has 0 aliphatic carbocycles. The summed E-state index contributed by atoms with van der Waals surface area (Å²) in [5.74, 6) is -0.833. The van der Waals surface area contributed by atoms with Gasteiger partial charge in [-0.2, -0.15) is 0 Å². The molecule has 0 spiro atoms. The first-order chi connectivity index (χ1) is 25.0. The molecule has 2 atom stereocenters. The number of unbranched alkanes of at least 4 members (excludes halogenated alkanes) is 14. The number of quaternary nitrogens is 1. The predicted molar refractivity (Wildman–Crippen MR) is 215 cm³/mol. The smallest absolute Gasteiger partial charge is 0.462 e. The van der Waals surface area contributed by atoms with Gasteiger partial charge in [0.1, 0.15) is 19.8 Å². The molecule has 0 rings (SSSR count). The summed E-state index contributed by atoms with van der Waals surface area (Å²) in [6.07, 6.45) is 38.7. The van der Waals surface area contributed by atoms with Gasteiger partial charge in [-0.3, -0.25) is 18.6 Å². The van der Waals surface area contributed by atoms with E-state index in [-0.39, 0.29) is 32.0 Å². The highest BCUT2D eigenvalue weighted by atomic mass is 31.2. The lowest BCUT2D eigenvalue weighted by molar-refractivity contribution is -0.870. The van der Waals surface area contributed by atoms with Crippen molar-refractivity contribution in [3.63, 3.8) is 0 Å². The van der Waals surface area contributed by atoms with E-state index < -0.39 is 26.5 Å². The van der Waals surface area contributed by atoms with Crippen LogP contribution in [0.4, 0.5) is 0 Å². The zero-order valence-electron chi connectivity index (χ0n) is 33.8. The second-order valence-corrected chi connectivity index (χ2v) is 16.1. The molecular formula is C42H77NO8P+. The van der Waals surface area contributed by atoms with Crippen LogP contribution in [-0.2, 0) is 32.7 Å². The van der Waals surface area contributed by atoms with Crippen molar-refractivity contribution in [2.75, 3.05) is 47.5 Å². The molecule has 0 aliphatic rings. The van der Waals surface area contributed by atoms with Gasteiger partial charge in [-0.1, -0.05) is 120 Å². The number of nitrogens with zero attached hydrogens (tertiary/aromatic N) is 1. The van der Waals surface area contributed by atoms with Gasteiger partial charge in [-0.05, 0) is 70.6 Å². The number of carbonyl (C=O) groups excluding carboxylic acids is 2. The molecule has 52 heavy (non-hydrogen) atoms. The standard InChI is InChI=1S/C42H76NO8P/c1-6-8-10-12-14-16-18-20-21-23-25-27-29-31-33-35-42(45)51-40(39-50-52(46,47)49-37-36-43(3,4)5)38-48-41(44)34-32-30-28-26-24-22-19-17-15-13-11-9-7-2/h8,10,14,16-17,19-21,40H,6-7,9,11-13,15,18,22-39H2,1-5H3/p+1/b10-8-,16-14-,19-17-,21-20-. The van der Waals surface area contributed by atoms with E-state index in [1.807, 2.05) is 21.1 Å². The topological polar surface area (TPSA) is 108 Å². The fraction of sp³-hybridized carbons (Fsp3) is 0.762. The van der Waals surface area contributed by atoms with E-state index in [4.69, 9.17) is 18.5 Å². The minimum absolute atomic E-state index is 0.0252. The molecule has 1 N–H and O–H groups in total. The second kappa shape index (κ2) is 34.7. The summed E-state index contributed by atoms with van der Waals surface area (Å²) in [6.45, 7) is 4.24. The minimum Gasteiger partial charge on any atom is -0.462 e. The van der Waals surface area contributed by atoms with Gasteiger partial charge >= 0.3 is 19.8 Å². The SMILES string of the molecule is CC/C=C\C/C=C\C/C=C\CCCCCCCC(=O)OC(COC(=O)CCCCCCC/C=C\CCCCCC)COP(=O)(O)OCC[N+](C)(C)C. The zero-order chi connectivity index (χ0) is 38.6. The first-order valence-corrected chi connectivity index (χ1v) is 21.9. The summed E-state index contributed by atoms with van der Waals surface area (Å²) in [6, 6.07) is 0. The summed E-state index contributed by atoms with van der Waals surface area (Å²) in [7, 11) is 1.45. The number of ether oxygens (including phenoxy) is 2. The number of rotatable bonds is 36. The van der Waals surface area contributed by atoms with Gasteiger partial charge in [0.05, 0.1) is 27.7 Å². The number of carbonyl (C=O) groups is 2. The molecule has 0 aromatic carbocycles. The first-order valence-electron chi connectivity index (χ1n) is 20.4. The van der Waals surface area contributed by atoms with E-state index in [0.29, 0.717) is 17.4 Å². The van der Waals surface area contributed by atoms with Crippen LogP contribution in [-0.4, -0.2) is 74.9 Å². The van der Waals surface area contributed by atoms with Crippen molar-refractivity contribution < 1.29 is 42.1 Å². The maximum absolute atomic E-state index is 12.6. The molecule has 0 fully saturated rings. The second-order valence-electron chi connectivity index (χ2n) is 14.6. The lowest BCUT2D eigenvalue weighted by Gasteiger charge is -2.24. The molecule has 0 aromatic heterocycles. The number of hydrogen-bond donors (Lipinski definition) is 1. The molecule has 9 nitrogen and oxygen atoms in total. The molecule has 0 bridgehead atoms. The maximum Gasteiger partial charge on any atom is 0.472 e. The summed E-state index contributed by atoms with van der Waals surface area (Å²) >= 11 is 0. The first kappa shape index (κ1) is 50.0. The Kier molecular flexibility index (Phi) is 33.4. The van der Waals surface area contributed by atoms with Gasteiger partial charge in [0.15, 0.2) is 6.10 Å². The summed E-state index contributed by atoms with van der Waals surface area (Å²) in [5, 5.41) is 0. The molecule has 10 heteroatoms. The lowest BCUT2D eigenvalue weighted by atomic mass is 10.1. The van der Waals surface area contributed by atoms with Crippen LogP contribution in [0.5, 0.6) is 0 Å². The fourth-order valence-electron chi connectivity index (χ4n) is 5.14. The molecule has 2 unspecified atom stereocenters. The summed E-state index contributed by atoms with van der Waals surface area (Å²) in [5.41, 5.74) is 0. The van der Waals surface area contributed by atoms with Crippen LogP contribution in [0, 0.1) is 0 Å². The lowest BCUT2D eigenvalue weighted by Crippen LogP contribution is -2.37. The van der Waals surface area contributed by atoms with Crippen LogP contribution in [0.25, 0.3) is 0 Å². The average molecular weight is 755 g/mol. The van der Waals surface area contributed by atoms with Crippen LogP contribution < -0.4 is 0 Å². The molecule has 0 heterocycles. The van der Waals surface area contributed by atoms with E-state index in [9.17, 15) is 19.0 Å². The van der Waals surface area contributed by atoms with E-state index in [0.717, 1.165) is 89.9 Å². The van der Waals surface area contributed by atoms with Crippen molar-refractivity contribution in [3.05, 3.63) is 48.6 Å². The molecule has 302 valence electrons. The Morgan fingerprint density at radius 1 is 0.615 bits per heavy atom. The van der Waals surface area contributed by atoms with Crippen molar-refractivity contribution in [3.8, 4) is 0 Å². The highest BCUT2D eigenvalue weighted by molar-refractivity contribution is 7.47. The molecule has 0 radical (unpaired) electrons. The van der Waals surface area contributed by atoms with Gasteiger partial charge < -0.3 is 18.9 Å². The highest BCUT2D eigenvalue weighted by Gasteiger charge is 2.27. The highest BCUT2D eigenvalue weighted by Crippen LogP contribution is 2.43. The maximum atomic E-state index is 12.6. The monoisotopic (exact) mass is 755 g/mol. The van der Waals surface area contributed by atoms with Gasteiger partial charge in [0.25, 0.3) is 0 Å². The Bertz CT molecular complexity index is 1030. The molecular weight excluding hydrogens is 677 g/mol. The largest absolute Gasteiger partial charge is 0.472 e. The van der Waals surface area contributed by atoms with Crippen molar-refractivity contribution in [1.29, 1.82) is 0 Å². The Balaban J connectivity index is 4.46. The number of allylic oxidation sites excluding steroid dienone is 8. The van der Waals surface area contributed by atoms with E-state index in [1.54, 1.807) is 0 Å². The van der Waals surface area contributed by atoms with Crippen LogP contribution in [0.2, 0.25) is 0 Å². The Morgan fingerprint density at radius 2 is 1.10 bits per heavy atom. The summed E-state index contributed by atoms with van der Waals surface area (Å²) in [4.78, 5) is 35.2. The van der Waals surface area contributed by atoms with Gasteiger partial charge in [-0.15, -0.1) is 0 Å². The quantitative estimate of drug-likeness (QED) is 0.0221. The van der Waals surface area contributed by atoms with Crippen LogP contribution in [0.3, 0.4) is 0 Å². The Morgan fingerprint density at radius 3 is 1.65 bits per heavy atom. The van der Waals surface area contributed by atoms with E-state index >= 15 is 0 Å². The molecule has 0 aromatic rings. The van der Waals surface area contributed by atoms with Crippen LogP contribution in [0.1, 0.15) is 155 Å². The predicted octanol–water partition coefficient (Wildman–Crippen LogP) is 11.1. The van der Waals surface area contributed by atoms with Gasteiger partial charge in [-0.25, -0.2) is 4.57 Å². The average Bonchev–Trinajstić information content (AvgIpc) is 3.09. The van der Waals surface area contributed by atoms with Crippen molar-refractivity contribution in [2.45, 2.75) is 161 Å². The normalized spacial score (nSPS) is 14.2. The fourth-order valence-corrected chi connectivity index (χ4v) is 5.88. The molecule has 0 saturated heterocycles. The third-order valence-electron chi connectivity index (χ3n) is 8.34. The summed E-state index contributed by atoms with van der Waals surface area (Å²) < 4.78 is 34.2. The third kappa shape index (κ3) is 37.7. The number of phosphoric acid groups is 1. The number of esters is 2. The number of hydrogen-bond acceptors (Lipinski definition) is 7. The Labute approximate surface area is 318 Å². The van der Waals surface area contributed by atoms with Gasteiger partial charge in [0.2, 0.25) is 0 Å². The molecule has 0 saturated carbocycles. The third-order valence-corrected chi connectivity index (χ3v) is 9.33. The van der Waals surface area contributed by atoms with Crippen LogP contribution >= 0.6 is 7.82 Å². The van der Waals surface area contributed by atoms with Crippen molar-refractivity contribution in [1.82, 2.24) is 0 Å². The Hall–Kier alpha value is -2.03. The van der Waals surface area contributed by atoms with Gasteiger partial charge in [0, 0.05) is 12.8 Å². The number of phosphoric ester groups is 1. The van der Waals surface area contributed by atoms with E-state index in [2.05, 4.69) is 62.5 Å². The minimum atomic E-state index is -4.38. The molecule has 0 amide bonds. The zero-order valence-corrected chi connectivity index (χ0v) is 34.7. The van der Waals surface area contributed by atoms with Crippen molar-refractivity contribution >= 4 is 19.8 Å². The number of likely N-dealkylation sites (N-methyl/N-ethyl adjacent to an activating group) is 1. The van der Waals surface area contributed by atoms with E-state index in [1.165, 1.54) is 32.1 Å². The van der Waals surface area contributed by atoms with Crippen molar-refractivity contribution in [2.24, 2.45) is 0 Å².